The lowest BCUT2D eigenvalue weighted by molar-refractivity contribution is -0.00406. The largest absolute Gasteiger partial charge is 0.444 e. The summed E-state index contributed by atoms with van der Waals surface area (Å²) in [6.45, 7) is 9.15. The molecular formula is C14H21N3O3. The molecule has 0 unspecified atom stereocenters. The van der Waals surface area contributed by atoms with E-state index in [0.717, 1.165) is 5.69 Å². The summed E-state index contributed by atoms with van der Waals surface area (Å²) in [5, 5.41) is 4.19. The number of carbonyl (C=O) groups excluding carboxylic acids is 1. The fourth-order valence-electron chi connectivity index (χ4n) is 2.09. The van der Waals surface area contributed by atoms with E-state index in [-0.39, 0.29) is 17.6 Å². The maximum atomic E-state index is 11.8. The van der Waals surface area contributed by atoms with Gasteiger partial charge in [-0.2, -0.15) is 5.10 Å². The minimum Gasteiger partial charge on any atom is -0.444 e. The van der Waals surface area contributed by atoms with Crippen LogP contribution < -0.4 is 5.56 Å². The Labute approximate surface area is 118 Å². The Morgan fingerprint density at radius 1 is 1.40 bits per heavy atom. The summed E-state index contributed by atoms with van der Waals surface area (Å²) < 4.78 is 6.75. The maximum Gasteiger partial charge on any atom is 0.410 e. The van der Waals surface area contributed by atoms with Gasteiger partial charge in [0, 0.05) is 25.1 Å². The lowest BCUT2D eigenvalue weighted by Gasteiger charge is -2.39. The summed E-state index contributed by atoms with van der Waals surface area (Å²) in [6, 6.07) is 3.22. The first-order valence-electron chi connectivity index (χ1n) is 6.77. The number of ether oxygens (including phenoxy) is 1. The third-order valence-electron chi connectivity index (χ3n) is 3.04. The Morgan fingerprint density at radius 3 is 2.65 bits per heavy atom. The number of aromatic nitrogens is 2. The van der Waals surface area contributed by atoms with E-state index in [1.165, 1.54) is 10.7 Å². The molecule has 0 saturated carbocycles. The van der Waals surface area contributed by atoms with E-state index in [9.17, 15) is 9.59 Å². The van der Waals surface area contributed by atoms with Gasteiger partial charge in [0.25, 0.3) is 5.56 Å². The van der Waals surface area contributed by atoms with E-state index in [1.807, 2.05) is 27.7 Å². The number of nitrogens with zero attached hydrogens (tertiary/aromatic N) is 3. The van der Waals surface area contributed by atoms with Crippen LogP contribution >= 0.6 is 0 Å². The summed E-state index contributed by atoms with van der Waals surface area (Å²) in [5.74, 6) is 0.259. The van der Waals surface area contributed by atoms with Gasteiger partial charge in [-0.25, -0.2) is 9.48 Å². The summed E-state index contributed by atoms with van der Waals surface area (Å²) in [4.78, 5) is 25.1. The SMILES string of the molecule is Cc1ccc(=O)n(CC2CN(C(=O)OC(C)(C)C)C2)n1. The molecule has 2 heterocycles. The number of likely N-dealkylation sites (tertiary alicyclic amines) is 1. The predicted molar refractivity (Wildman–Crippen MR) is 74.5 cm³/mol. The fourth-order valence-corrected chi connectivity index (χ4v) is 2.09. The number of hydrogen-bond acceptors (Lipinski definition) is 4. The van der Waals surface area contributed by atoms with Crippen LogP contribution in [0, 0.1) is 12.8 Å². The highest BCUT2D eigenvalue weighted by Gasteiger charge is 2.34. The van der Waals surface area contributed by atoms with E-state index in [0.29, 0.717) is 19.6 Å². The second-order valence-electron chi connectivity index (χ2n) is 6.25. The van der Waals surface area contributed by atoms with E-state index in [2.05, 4.69) is 5.10 Å². The average Bonchev–Trinajstić information content (AvgIpc) is 2.24. The number of amides is 1. The van der Waals surface area contributed by atoms with Crippen LogP contribution in [0.4, 0.5) is 4.79 Å². The molecule has 0 radical (unpaired) electrons. The van der Waals surface area contributed by atoms with Gasteiger partial charge in [0.1, 0.15) is 5.60 Å². The number of hydrogen-bond donors (Lipinski definition) is 0. The molecule has 20 heavy (non-hydrogen) atoms. The monoisotopic (exact) mass is 279 g/mol. The molecule has 2 rings (SSSR count). The molecule has 6 heteroatoms. The molecule has 0 aliphatic carbocycles. The van der Waals surface area contributed by atoms with Gasteiger partial charge in [0.2, 0.25) is 0 Å². The van der Waals surface area contributed by atoms with E-state index in [4.69, 9.17) is 4.74 Å². The zero-order valence-electron chi connectivity index (χ0n) is 12.4. The summed E-state index contributed by atoms with van der Waals surface area (Å²) in [5.41, 5.74) is 0.233. The third-order valence-corrected chi connectivity index (χ3v) is 3.04. The Kier molecular flexibility index (Phi) is 3.83. The smallest absolute Gasteiger partial charge is 0.410 e. The minimum absolute atomic E-state index is 0.105. The normalized spacial score (nSPS) is 15.9. The zero-order chi connectivity index (χ0) is 14.9. The Bertz CT molecular complexity index is 554. The molecule has 1 aliphatic heterocycles. The van der Waals surface area contributed by atoms with Crippen molar-refractivity contribution < 1.29 is 9.53 Å². The highest BCUT2D eigenvalue weighted by molar-refractivity contribution is 5.69. The van der Waals surface area contributed by atoms with Gasteiger partial charge in [0.05, 0.1) is 12.2 Å². The Balaban J connectivity index is 1.87. The average molecular weight is 279 g/mol. The molecule has 1 aromatic rings. The predicted octanol–water partition coefficient (Wildman–Crippen LogP) is 1.42. The summed E-state index contributed by atoms with van der Waals surface area (Å²) in [7, 11) is 0. The first-order chi connectivity index (χ1) is 9.24. The number of carbonyl (C=O) groups is 1. The molecule has 0 atom stereocenters. The van der Waals surface area contributed by atoms with Crippen LogP contribution in [0.3, 0.4) is 0 Å². The minimum atomic E-state index is -0.475. The zero-order valence-corrected chi connectivity index (χ0v) is 12.4. The van der Waals surface area contributed by atoms with E-state index >= 15 is 0 Å². The molecule has 1 fully saturated rings. The van der Waals surface area contributed by atoms with Gasteiger partial charge in [-0.05, 0) is 33.8 Å². The van der Waals surface area contributed by atoms with Crippen LogP contribution in [0.1, 0.15) is 26.5 Å². The van der Waals surface area contributed by atoms with Crippen LogP contribution in [0.2, 0.25) is 0 Å². The molecule has 1 amide bonds. The van der Waals surface area contributed by atoms with Crippen molar-refractivity contribution in [3.05, 3.63) is 28.2 Å². The maximum absolute atomic E-state index is 11.8. The van der Waals surface area contributed by atoms with Crippen molar-refractivity contribution in [2.24, 2.45) is 5.92 Å². The van der Waals surface area contributed by atoms with Crippen molar-refractivity contribution in [2.45, 2.75) is 39.8 Å². The van der Waals surface area contributed by atoms with Gasteiger partial charge in [0.15, 0.2) is 0 Å². The molecule has 110 valence electrons. The van der Waals surface area contributed by atoms with Crippen LogP contribution in [-0.4, -0.2) is 39.5 Å². The van der Waals surface area contributed by atoms with Gasteiger partial charge >= 0.3 is 6.09 Å². The van der Waals surface area contributed by atoms with Gasteiger partial charge < -0.3 is 9.64 Å². The number of aryl methyl sites for hydroxylation is 1. The van der Waals surface area contributed by atoms with Crippen molar-refractivity contribution in [1.82, 2.24) is 14.7 Å². The van der Waals surface area contributed by atoms with Gasteiger partial charge in [-0.3, -0.25) is 4.79 Å². The van der Waals surface area contributed by atoms with E-state index < -0.39 is 5.60 Å². The molecular weight excluding hydrogens is 258 g/mol. The topological polar surface area (TPSA) is 64.4 Å². The van der Waals surface area contributed by atoms with Crippen LogP contribution in [0.5, 0.6) is 0 Å². The lowest BCUT2D eigenvalue weighted by Crippen LogP contribution is -2.53. The molecule has 0 N–H and O–H groups in total. The van der Waals surface area contributed by atoms with Crippen LogP contribution in [0.25, 0.3) is 0 Å². The van der Waals surface area contributed by atoms with Gasteiger partial charge in [-0.1, -0.05) is 0 Å². The Morgan fingerprint density at radius 2 is 2.05 bits per heavy atom. The first-order valence-corrected chi connectivity index (χ1v) is 6.77. The highest BCUT2D eigenvalue weighted by atomic mass is 16.6. The Hall–Kier alpha value is -1.85. The second kappa shape index (κ2) is 5.26. The number of rotatable bonds is 2. The van der Waals surface area contributed by atoms with Crippen molar-refractivity contribution in [1.29, 1.82) is 0 Å². The molecule has 0 spiro atoms. The molecule has 6 nitrogen and oxygen atoms in total. The molecule has 0 bridgehead atoms. The summed E-state index contributed by atoms with van der Waals surface area (Å²) in [6.07, 6.45) is -0.293. The van der Waals surface area contributed by atoms with Crippen LogP contribution in [0.15, 0.2) is 16.9 Å². The molecule has 0 aromatic carbocycles. The fraction of sp³-hybridized carbons (Fsp3) is 0.643. The lowest BCUT2D eigenvalue weighted by atomic mass is 10.0. The van der Waals surface area contributed by atoms with E-state index in [1.54, 1.807) is 11.0 Å². The standard InChI is InChI=1S/C14H21N3O3/c1-10-5-6-12(18)17(15-10)9-11-7-16(8-11)13(19)20-14(2,3)4/h5-6,11H,7-9H2,1-4H3. The second-order valence-corrected chi connectivity index (χ2v) is 6.25. The highest BCUT2D eigenvalue weighted by Crippen LogP contribution is 2.20. The molecule has 1 aromatic heterocycles. The van der Waals surface area contributed by atoms with Gasteiger partial charge in [-0.15, -0.1) is 0 Å². The van der Waals surface area contributed by atoms with Crippen molar-refractivity contribution in [3.63, 3.8) is 0 Å². The summed E-state index contributed by atoms with van der Waals surface area (Å²) >= 11 is 0. The first kappa shape index (κ1) is 14.6. The van der Waals surface area contributed by atoms with Crippen molar-refractivity contribution in [2.75, 3.05) is 13.1 Å². The quantitative estimate of drug-likeness (QED) is 0.821. The third kappa shape index (κ3) is 3.59. The molecule has 1 aliphatic rings. The van der Waals surface area contributed by atoms with Crippen molar-refractivity contribution in [3.8, 4) is 0 Å². The molecule has 1 saturated heterocycles. The van der Waals surface area contributed by atoms with Crippen LogP contribution in [-0.2, 0) is 11.3 Å². The van der Waals surface area contributed by atoms with Crippen molar-refractivity contribution >= 4 is 6.09 Å².